The molecule has 5 nitrogen and oxygen atoms in total. The summed E-state index contributed by atoms with van der Waals surface area (Å²) in [5.74, 6) is 0.594. The minimum atomic E-state index is 0. The molecular formula is C16H22ClN3O2. The quantitative estimate of drug-likeness (QED) is 0.894. The number of nitrogens with one attached hydrogen (secondary N) is 2. The van der Waals surface area contributed by atoms with E-state index in [4.69, 9.17) is 0 Å². The van der Waals surface area contributed by atoms with Gasteiger partial charge in [-0.3, -0.25) is 9.59 Å². The Bertz CT molecular complexity index is 571. The molecule has 1 aromatic rings. The third kappa shape index (κ3) is 3.59. The third-order valence-corrected chi connectivity index (χ3v) is 4.28. The maximum atomic E-state index is 12.0. The summed E-state index contributed by atoms with van der Waals surface area (Å²) in [5.41, 5.74) is 2.93. The maximum Gasteiger partial charge on any atom is 0.224 e. The smallest absolute Gasteiger partial charge is 0.224 e. The number of fused-ring (bicyclic) bond motifs is 1. The van der Waals surface area contributed by atoms with Crippen LogP contribution in [0.3, 0.4) is 0 Å². The van der Waals surface area contributed by atoms with Crippen LogP contribution in [0.15, 0.2) is 18.2 Å². The second-order valence-electron chi connectivity index (χ2n) is 5.88. The lowest BCUT2D eigenvalue weighted by molar-refractivity contribution is -0.117. The van der Waals surface area contributed by atoms with Gasteiger partial charge in [0, 0.05) is 31.3 Å². The van der Waals surface area contributed by atoms with E-state index in [1.807, 2.05) is 18.2 Å². The Hall–Kier alpha value is -1.59. The lowest BCUT2D eigenvalue weighted by Gasteiger charge is -2.15. The predicted octanol–water partition coefficient (Wildman–Crippen LogP) is 1.96. The first-order chi connectivity index (χ1) is 10.1. The topological polar surface area (TPSA) is 61.4 Å². The molecule has 2 heterocycles. The molecule has 0 bridgehead atoms. The fourth-order valence-corrected chi connectivity index (χ4v) is 3.17. The SMILES string of the molecule is CC(=O)N1CCc2cc(NC(=O)CC3CCNC3)ccc21.Cl. The number of hydrogen-bond donors (Lipinski definition) is 2. The first-order valence-electron chi connectivity index (χ1n) is 7.55. The molecule has 22 heavy (non-hydrogen) atoms. The van der Waals surface area contributed by atoms with Crippen molar-refractivity contribution in [3.8, 4) is 0 Å². The monoisotopic (exact) mass is 323 g/mol. The van der Waals surface area contributed by atoms with E-state index < -0.39 is 0 Å². The highest BCUT2D eigenvalue weighted by atomic mass is 35.5. The summed E-state index contributed by atoms with van der Waals surface area (Å²) in [4.78, 5) is 25.3. The average molecular weight is 324 g/mol. The van der Waals surface area contributed by atoms with E-state index in [1.54, 1.807) is 11.8 Å². The van der Waals surface area contributed by atoms with Gasteiger partial charge in [-0.05, 0) is 55.6 Å². The third-order valence-electron chi connectivity index (χ3n) is 4.28. The minimum Gasteiger partial charge on any atom is -0.326 e. The Morgan fingerprint density at radius 3 is 2.91 bits per heavy atom. The van der Waals surface area contributed by atoms with Gasteiger partial charge >= 0.3 is 0 Å². The molecule has 0 radical (unpaired) electrons. The van der Waals surface area contributed by atoms with Crippen molar-refractivity contribution in [1.29, 1.82) is 0 Å². The number of anilines is 2. The van der Waals surface area contributed by atoms with Gasteiger partial charge in [0.15, 0.2) is 0 Å². The standard InChI is InChI=1S/C16H21N3O2.ClH/c1-11(20)19-7-5-13-9-14(2-3-15(13)19)18-16(21)8-12-4-6-17-10-12;/h2-3,9,12,17H,4-8,10H2,1H3,(H,18,21);1H. The molecule has 2 aliphatic rings. The number of carbonyl (C=O) groups excluding carboxylic acids is 2. The molecular weight excluding hydrogens is 302 g/mol. The molecule has 1 fully saturated rings. The lowest BCUT2D eigenvalue weighted by atomic mass is 10.0. The summed E-state index contributed by atoms with van der Waals surface area (Å²) < 4.78 is 0. The van der Waals surface area contributed by atoms with Crippen molar-refractivity contribution >= 4 is 35.6 Å². The van der Waals surface area contributed by atoms with Gasteiger partial charge in [0.25, 0.3) is 0 Å². The molecule has 2 aliphatic heterocycles. The zero-order valence-electron chi connectivity index (χ0n) is 12.7. The summed E-state index contributed by atoms with van der Waals surface area (Å²) in [5, 5.41) is 6.25. The fraction of sp³-hybridized carbons (Fsp3) is 0.500. The second kappa shape index (κ2) is 7.11. The van der Waals surface area contributed by atoms with Crippen molar-refractivity contribution < 1.29 is 9.59 Å². The normalized spacial score (nSPS) is 19.5. The first-order valence-corrected chi connectivity index (χ1v) is 7.55. The van der Waals surface area contributed by atoms with Crippen molar-refractivity contribution in [3.63, 3.8) is 0 Å². The molecule has 0 aliphatic carbocycles. The van der Waals surface area contributed by atoms with Crippen LogP contribution < -0.4 is 15.5 Å². The number of nitrogens with zero attached hydrogens (tertiary/aromatic N) is 1. The number of amides is 2. The zero-order valence-corrected chi connectivity index (χ0v) is 13.5. The van der Waals surface area contributed by atoms with Gasteiger partial charge in [0.05, 0.1) is 0 Å². The average Bonchev–Trinajstić information content (AvgIpc) is 3.06. The molecule has 0 aromatic heterocycles. The van der Waals surface area contributed by atoms with Gasteiger partial charge in [0.2, 0.25) is 11.8 Å². The van der Waals surface area contributed by atoms with Gasteiger partial charge < -0.3 is 15.5 Å². The van der Waals surface area contributed by atoms with Gasteiger partial charge in [-0.25, -0.2) is 0 Å². The Kier molecular flexibility index (Phi) is 5.42. The summed E-state index contributed by atoms with van der Waals surface area (Å²) >= 11 is 0. The van der Waals surface area contributed by atoms with Crippen LogP contribution in [0.4, 0.5) is 11.4 Å². The number of hydrogen-bond acceptors (Lipinski definition) is 3. The molecule has 3 rings (SSSR count). The highest BCUT2D eigenvalue weighted by Crippen LogP contribution is 2.30. The van der Waals surface area contributed by atoms with Crippen LogP contribution >= 0.6 is 12.4 Å². The van der Waals surface area contributed by atoms with E-state index in [1.165, 1.54) is 0 Å². The van der Waals surface area contributed by atoms with Gasteiger partial charge in [-0.1, -0.05) is 0 Å². The van der Waals surface area contributed by atoms with E-state index in [0.717, 1.165) is 49.4 Å². The Morgan fingerprint density at radius 1 is 1.41 bits per heavy atom. The van der Waals surface area contributed by atoms with Crippen LogP contribution in [0.25, 0.3) is 0 Å². The number of benzene rings is 1. The predicted molar refractivity (Wildman–Crippen MR) is 89.6 cm³/mol. The molecule has 0 spiro atoms. The zero-order chi connectivity index (χ0) is 14.8. The summed E-state index contributed by atoms with van der Waals surface area (Å²) in [6, 6.07) is 5.80. The van der Waals surface area contributed by atoms with Gasteiger partial charge in [-0.15, -0.1) is 12.4 Å². The van der Waals surface area contributed by atoms with E-state index in [9.17, 15) is 9.59 Å². The van der Waals surface area contributed by atoms with Crippen molar-refractivity contribution in [2.45, 2.75) is 26.2 Å². The van der Waals surface area contributed by atoms with Crippen molar-refractivity contribution in [2.24, 2.45) is 5.92 Å². The minimum absolute atomic E-state index is 0. The second-order valence-corrected chi connectivity index (χ2v) is 5.88. The van der Waals surface area contributed by atoms with E-state index in [0.29, 0.717) is 12.3 Å². The van der Waals surface area contributed by atoms with Gasteiger partial charge in [0.1, 0.15) is 0 Å². The van der Waals surface area contributed by atoms with Crippen molar-refractivity contribution in [1.82, 2.24) is 5.32 Å². The molecule has 0 saturated carbocycles. The van der Waals surface area contributed by atoms with Crippen LogP contribution in [0.2, 0.25) is 0 Å². The summed E-state index contributed by atoms with van der Waals surface area (Å²) in [6.45, 7) is 4.26. The largest absolute Gasteiger partial charge is 0.326 e. The molecule has 2 amide bonds. The molecule has 120 valence electrons. The number of halogens is 1. The Morgan fingerprint density at radius 2 is 2.23 bits per heavy atom. The number of rotatable bonds is 3. The van der Waals surface area contributed by atoms with E-state index in [-0.39, 0.29) is 24.2 Å². The summed E-state index contributed by atoms with van der Waals surface area (Å²) in [6.07, 6.45) is 2.50. The molecule has 1 unspecified atom stereocenters. The molecule has 6 heteroatoms. The maximum absolute atomic E-state index is 12.0. The van der Waals surface area contributed by atoms with E-state index in [2.05, 4.69) is 10.6 Å². The van der Waals surface area contributed by atoms with Crippen molar-refractivity contribution in [2.75, 3.05) is 29.9 Å². The highest BCUT2D eigenvalue weighted by Gasteiger charge is 2.23. The fourth-order valence-electron chi connectivity index (χ4n) is 3.17. The Balaban J connectivity index is 0.00000176. The van der Waals surface area contributed by atoms with E-state index >= 15 is 0 Å². The van der Waals surface area contributed by atoms with Crippen LogP contribution in [0.5, 0.6) is 0 Å². The van der Waals surface area contributed by atoms with Crippen LogP contribution in [-0.4, -0.2) is 31.4 Å². The molecule has 2 N–H and O–H groups in total. The number of carbonyl (C=O) groups is 2. The van der Waals surface area contributed by atoms with Crippen LogP contribution in [0, 0.1) is 5.92 Å². The van der Waals surface area contributed by atoms with Gasteiger partial charge in [-0.2, -0.15) is 0 Å². The van der Waals surface area contributed by atoms with Crippen molar-refractivity contribution in [3.05, 3.63) is 23.8 Å². The van der Waals surface area contributed by atoms with Crippen LogP contribution in [0.1, 0.15) is 25.3 Å². The molecule has 1 aromatic carbocycles. The first kappa shape index (κ1) is 16.8. The summed E-state index contributed by atoms with van der Waals surface area (Å²) in [7, 11) is 0. The molecule has 1 saturated heterocycles. The lowest BCUT2D eigenvalue weighted by Crippen LogP contribution is -2.25. The highest BCUT2D eigenvalue weighted by molar-refractivity contribution is 5.95. The van der Waals surface area contributed by atoms with Crippen LogP contribution in [-0.2, 0) is 16.0 Å². The Labute approximate surface area is 136 Å². The molecule has 1 atom stereocenters.